The van der Waals surface area contributed by atoms with E-state index >= 15 is 0 Å². The molecule has 14 heavy (non-hydrogen) atoms. The molecule has 1 aliphatic rings. The van der Waals surface area contributed by atoms with Crippen LogP contribution in [0.1, 0.15) is 22.5 Å². The summed E-state index contributed by atoms with van der Waals surface area (Å²) >= 11 is 0. The smallest absolute Gasteiger partial charge is 0.247 e. The Morgan fingerprint density at radius 3 is 2.86 bits per heavy atom. The molecule has 1 aromatic rings. The Morgan fingerprint density at radius 2 is 2.14 bits per heavy atom. The first kappa shape index (κ1) is 6.76. The van der Waals surface area contributed by atoms with Gasteiger partial charge in [-0.25, -0.2) is 5.01 Å². The lowest BCUT2D eigenvalue weighted by Gasteiger charge is -2.22. The third-order valence-electron chi connectivity index (χ3n) is 1.96. The normalized spacial score (nSPS) is 22.5. The van der Waals surface area contributed by atoms with E-state index in [1.165, 1.54) is 0 Å². The Bertz CT molecular complexity index is 443. The number of carbonyl (C=O) groups excluding carboxylic acids is 1. The fraction of sp³-hybridized carbons (Fsp3) is 0.273. The second-order valence-corrected chi connectivity index (χ2v) is 3.14. The highest BCUT2D eigenvalue weighted by Crippen LogP contribution is 2.19. The van der Waals surface area contributed by atoms with Gasteiger partial charge < -0.3 is 0 Å². The van der Waals surface area contributed by atoms with E-state index in [9.17, 15) is 4.79 Å². The number of nitrogens with zero attached hydrogens (tertiary/aromatic N) is 2. The van der Waals surface area contributed by atoms with Gasteiger partial charge >= 0.3 is 0 Å². The summed E-state index contributed by atoms with van der Waals surface area (Å²) in [6.07, 6.45) is -1.79. The van der Waals surface area contributed by atoms with Crippen molar-refractivity contribution in [2.75, 3.05) is 5.01 Å². The van der Waals surface area contributed by atoms with E-state index in [1.807, 2.05) is 6.07 Å². The molecule has 0 spiro atoms. The van der Waals surface area contributed by atoms with E-state index in [0.717, 1.165) is 5.01 Å². The minimum atomic E-state index is -1.86. The van der Waals surface area contributed by atoms with Crippen LogP contribution in [-0.2, 0) is 4.79 Å². The second kappa shape index (κ2) is 3.62. The minimum absolute atomic E-state index is 0.0646. The van der Waals surface area contributed by atoms with Gasteiger partial charge in [0.15, 0.2) is 0 Å². The highest BCUT2D eigenvalue weighted by Gasteiger charge is 2.19. The van der Waals surface area contributed by atoms with Crippen LogP contribution in [-0.4, -0.2) is 11.6 Å². The fourth-order valence-electron chi connectivity index (χ4n) is 1.27. The van der Waals surface area contributed by atoms with Gasteiger partial charge in [-0.15, -0.1) is 0 Å². The fourth-order valence-corrected chi connectivity index (χ4v) is 1.27. The van der Waals surface area contributed by atoms with Crippen molar-refractivity contribution in [1.82, 2.24) is 0 Å². The molecule has 72 valence electrons. The van der Waals surface area contributed by atoms with Crippen molar-refractivity contribution in [2.24, 2.45) is 5.10 Å². The largest absolute Gasteiger partial charge is 0.273 e. The van der Waals surface area contributed by atoms with Crippen molar-refractivity contribution in [3.05, 3.63) is 30.3 Å². The van der Waals surface area contributed by atoms with Crippen LogP contribution >= 0.6 is 0 Å². The van der Waals surface area contributed by atoms with Gasteiger partial charge in [0.1, 0.15) is 0 Å². The summed E-state index contributed by atoms with van der Waals surface area (Å²) in [4.78, 5) is 11.8. The molecule has 0 N–H and O–H groups in total. The molecule has 0 bridgehead atoms. The molecular formula is C11H12N2O. The molecule has 0 fully saturated rings. The quantitative estimate of drug-likeness (QED) is 0.668. The topological polar surface area (TPSA) is 32.7 Å². The zero-order valence-corrected chi connectivity index (χ0v) is 7.90. The molecule has 0 radical (unpaired) electrons. The number of hydrogen-bond acceptors (Lipinski definition) is 2. The van der Waals surface area contributed by atoms with Crippen LogP contribution in [0.3, 0.4) is 0 Å². The van der Waals surface area contributed by atoms with Crippen molar-refractivity contribution < 1.29 is 7.54 Å². The van der Waals surface area contributed by atoms with Crippen LogP contribution in [0.2, 0.25) is 0 Å². The summed E-state index contributed by atoms with van der Waals surface area (Å²) in [7, 11) is 0. The number of carbonyl (C=O) groups is 1. The van der Waals surface area contributed by atoms with Crippen LogP contribution in [0.5, 0.6) is 0 Å². The van der Waals surface area contributed by atoms with Gasteiger partial charge in [0.05, 0.1) is 5.69 Å². The minimum Gasteiger partial charge on any atom is -0.273 e. The van der Waals surface area contributed by atoms with E-state index in [2.05, 4.69) is 5.10 Å². The van der Waals surface area contributed by atoms with Gasteiger partial charge in [-0.1, -0.05) is 18.2 Å². The van der Waals surface area contributed by atoms with Crippen molar-refractivity contribution in [2.45, 2.75) is 19.7 Å². The summed E-state index contributed by atoms with van der Waals surface area (Å²) in [5.41, 5.74) is 1.21. The van der Waals surface area contributed by atoms with Gasteiger partial charge in [-0.2, -0.15) is 5.10 Å². The molecule has 1 amide bonds. The maximum absolute atomic E-state index is 11.8. The average Bonchev–Trinajstić information content (AvgIpc) is 2.24. The third kappa shape index (κ3) is 1.66. The summed E-state index contributed by atoms with van der Waals surface area (Å²) in [6, 6.07) is 8.88. The highest BCUT2D eigenvalue weighted by atomic mass is 16.2. The number of hydrazone groups is 1. The van der Waals surface area contributed by atoms with Gasteiger partial charge in [0, 0.05) is 14.8 Å². The van der Waals surface area contributed by atoms with E-state index in [0.29, 0.717) is 11.4 Å². The Morgan fingerprint density at radius 1 is 1.43 bits per heavy atom. The van der Waals surface area contributed by atoms with Crippen molar-refractivity contribution in [3.8, 4) is 0 Å². The lowest BCUT2D eigenvalue weighted by atomic mass is 10.2. The van der Waals surface area contributed by atoms with Gasteiger partial charge in [-0.3, -0.25) is 4.79 Å². The molecule has 0 saturated carbocycles. The standard InChI is InChI=1S/C11H12N2O/c1-9-7-8-11(14)13(12-9)10-5-3-2-4-6-10/h2-6H,7-8H2,1H3/i8D2. The maximum atomic E-state index is 11.8. The molecule has 0 atom stereocenters. The SMILES string of the molecule is [2H]C1([2H])CC(C)=NN(c2ccccc2)C1=O. The Balaban J connectivity index is 2.42. The average molecular weight is 190 g/mol. The van der Waals surface area contributed by atoms with Crippen LogP contribution in [0.15, 0.2) is 35.4 Å². The van der Waals surface area contributed by atoms with E-state index < -0.39 is 12.3 Å². The zero-order valence-electron chi connectivity index (χ0n) is 9.90. The Labute approximate surface area is 85.8 Å². The summed E-state index contributed by atoms with van der Waals surface area (Å²) in [5.74, 6) is -0.607. The van der Waals surface area contributed by atoms with Crippen LogP contribution < -0.4 is 5.01 Å². The molecule has 1 aliphatic heterocycles. The number of amides is 1. The van der Waals surface area contributed by atoms with Crippen LogP contribution in [0.4, 0.5) is 5.69 Å². The molecule has 1 aromatic carbocycles. The Kier molecular flexibility index (Phi) is 1.75. The lowest BCUT2D eigenvalue weighted by molar-refractivity contribution is -0.118. The molecule has 0 unspecified atom stereocenters. The van der Waals surface area contributed by atoms with E-state index in [4.69, 9.17) is 2.74 Å². The number of hydrogen-bond donors (Lipinski definition) is 0. The summed E-state index contributed by atoms with van der Waals surface area (Å²) in [6.45, 7) is 1.72. The van der Waals surface area contributed by atoms with E-state index in [-0.39, 0.29) is 6.42 Å². The highest BCUT2D eigenvalue weighted by molar-refractivity contribution is 6.01. The number of rotatable bonds is 1. The predicted molar refractivity (Wildman–Crippen MR) is 56.3 cm³/mol. The first-order chi connectivity index (χ1) is 7.50. The van der Waals surface area contributed by atoms with Crippen molar-refractivity contribution >= 4 is 17.3 Å². The third-order valence-corrected chi connectivity index (χ3v) is 1.96. The monoisotopic (exact) mass is 190 g/mol. The number of benzene rings is 1. The first-order valence-corrected chi connectivity index (χ1v) is 4.44. The molecular weight excluding hydrogens is 176 g/mol. The van der Waals surface area contributed by atoms with Crippen LogP contribution in [0.25, 0.3) is 0 Å². The van der Waals surface area contributed by atoms with Gasteiger partial charge in [0.2, 0.25) is 5.91 Å². The molecule has 0 aromatic heterocycles. The van der Waals surface area contributed by atoms with E-state index in [1.54, 1.807) is 31.2 Å². The first-order valence-electron chi connectivity index (χ1n) is 5.44. The van der Waals surface area contributed by atoms with Gasteiger partial charge in [-0.05, 0) is 25.5 Å². The molecule has 3 heteroatoms. The number of para-hydroxylation sites is 1. The molecule has 0 saturated heterocycles. The molecule has 3 nitrogen and oxygen atoms in total. The molecule has 2 rings (SSSR count). The molecule has 1 heterocycles. The lowest BCUT2D eigenvalue weighted by Crippen LogP contribution is -2.30. The van der Waals surface area contributed by atoms with Gasteiger partial charge in [0.25, 0.3) is 0 Å². The van der Waals surface area contributed by atoms with Crippen LogP contribution in [0, 0.1) is 0 Å². The number of anilines is 1. The summed E-state index contributed by atoms with van der Waals surface area (Å²) in [5, 5.41) is 5.23. The molecule has 0 aliphatic carbocycles. The van der Waals surface area contributed by atoms with Crippen molar-refractivity contribution in [1.29, 1.82) is 0 Å². The maximum Gasteiger partial charge on any atom is 0.247 e. The zero-order chi connectivity index (χ0) is 11.8. The second-order valence-electron chi connectivity index (χ2n) is 3.14. The Hall–Kier alpha value is -1.64. The summed E-state index contributed by atoms with van der Waals surface area (Å²) < 4.78 is 15.3. The predicted octanol–water partition coefficient (Wildman–Crippen LogP) is 2.19. The van der Waals surface area contributed by atoms with Crippen molar-refractivity contribution in [3.63, 3.8) is 0 Å².